The fourth-order valence-corrected chi connectivity index (χ4v) is 3.30. The molecule has 112 valence electrons. The molecule has 0 saturated carbocycles. The van der Waals surface area contributed by atoms with Crippen molar-refractivity contribution in [3.8, 4) is 10.8 Å². The number of rotatable bonds is 2. The van der Waals surface area contributed by atoms with Crippen molar-refractivity contribution in [3.63, 3.8) is 0 Å². The molecule has 2 unspecified atom stereocenters. The maximum Gasteiger partial charge on any atom is 0.274 e. The first-order chi connectivity index (χ1) is 10.1. The van der Waals surface area contributed by atoms with Crippen LogP contribution < -0.4 is 0 Å². The first kappa shape index (κ1) is 14.3. The zero-order valence-corrected chi connectivity index (χ0v) is 13.1. The number of aromatic nitrogens is 1. The Bertz CT molecular complexity index is 635. The second-order valence-electron chi connectivity index (χ2n) is 5.35. The number of carbonyl (C=O) groups is 1. The average molecular weight is 306 g/mol. The minimum Gasteiger partial charge on any atom is -0.462 e. The number of furan rings is 1. The van der Waals surface area contributed by atoms with Crippen LogP contribution in [0.1, 0.15) is 29.2 Å². The quantitative estimate of drug-likeness (QED) is 0.856. The van der Waals surface area contributed by atoms with Gasteiger partial charge >= 0.3 is 0 Å². The summed E-state index contributed by atoms with van der Waals surface area (Å²) in [7, 11) is 0. The highest BCUT2D eigenvalue weighted by Gasteiger charge is 2.30. The van der Waals surface area contributed by atoms with Crippen molar-refractivity contribution in [2.45, 2.75) is 32.9 Å². The van der Waals surface area contributed by atoms with Gasteiger partial charge in [-0.15, -0.1) is 11.3 Å². The lowest BCUT2D eigenvalue weighted by Gasteiger charge is -2.36. The van der Waals surface area contributed by atoms with E-state index >= 15 is 0 Å². The summed E-state index contributed by atoms with van der Waals surface area (Å²) in [6.45, 7) is 7.08. The topological polar surface area (TPSA) is 55.6 Å². The number of thiazole rings is 1. The third-order valence-electron chi connectivity index (χ3n) is 3.60. The van der Waals surface area contributed by atoms with E-state index in [0.29, 0.717) is 24.6 Å². The number of aryl methyl sites for hydroxylation is 1. The van der Waals surface area contributed by atoms with Crippen LogP contribution in [0.5, 0.6) is 0 Å². The molecule has 1 aliphatic heterocycles. The number of nitrogens with zero attached hydrogens (tertiary/aromatic N) is 2. The van der Waals surface area contributed by atoms with Gasteiger partial charge < -0.3 is 14.1 Å². The van der Waals surface area contributed by atoms with Crippen LogP contribution in [0.3, 0.4) is 0 Å². The highest BCUT2D eigenvalue weighted by Crippen LogP contribution is 2.29. The van der Waals surface area contributed by atoms with Gasteiger partial charge in [0, 0.05) is 11.4 Å². The van der Waals surface area contributed by atoms with Crippen molar-refractivity contribution in [1.82, 2.24) is 9.88 Å². The van der Waals surface area contributed by atoms with Crippen LogP contribution >= 0.6 is 11.3 Å². The van der Waals surface area contributed by atoms with E-state index in [1.807, 2.05) is 37.8 Å². The van der Waals surface area contributed by atoms with Gasteiger partial charge in [0.1, 0.15) is 5.69 Å². The molecular formula is C15H18N2O3S. The molecule has 0 aromatic carbocycles. The predicted molar refractivity (Wildman–Crippen MR) is 80.5 cm³/mol. The maximum atomic E-state index is 12.7. The van der Waals surface area contributed by atoms with Gasteiger partial charge in [0.2, 0.25) is 0 Å². The highest BCUT2D eigenvalue weighted by atomic mass is 32.1. The highest BCUT2D eigenvalue weighted by molar-refractivity contribution is 7.15. The van der Waals surface area contributed by atoms with Gasteiger partial charge in [-0.3, -0.25) is 4.79 Å². The lowest BCUT2D eigenvalue weighted by molar-refractivity contribution is -0.0389. The van der Waals surface area contributed by atoms with Crippen LogP contribution in [-0.2, 0) is 4.74 Å². The van der Waals surface area contributed by atoms with Gasteiger partial charge in [0.05, 0.1) is 25.0 Å². The molecule has 1 amide bonds. The van der Waals surface area contributed by atoms with E-state index in [9.17, 15) is 4.79 Å². The molecule has 2 atom stereocenters. The van der Waals surface area contributed by atoms with E-state index in [0.717, 1.165) is 9.88 Å². The van der Waals surface area contributed by atoms with Gasteiger partial charge in [0.15, 0.2) is 10.8 Å². The Kier molecular flexibility index (Phi) is 3.82. The predicted octanol–water partition coefficient (Wildman–Crippen LogP) is 2.96. The average Bonchev–Trinajstić information content (AvgIpc) is 3.09. The molecule has 21 heavy (non-hydrogen) atoms. The monoisotopic (exact) mass is 306 g/mol. The zero-order chi connectivity index (χ0) is 15.0. The van der Waals surface area contributed by atoms with Crippen LogP contribution in [-0.4, -0.2) is 41.1 Å². The Morgan fingerprint density at radius 3 is 3.00 bits per heavy atom. The molecule has 2 aromatic rings. The lowest BCUT2D eigenvalue weighted by atomic mass is 10.2. The summed E-state index contributed by atoms with van der Waals surface area (Å²) in [5, 5.41) is 0.745. The number of morpholine rings is 1. The van der Waals surface area contributed by atoms with Crippen LogP contribution in [0.15, 0.2) is 22.8 Å². The van der Waals surface area contributed by atoms with Crippen molar-refractivity contribution in [2.75, 3.05) is 13.2 Å². The largest absolute Gasteiger partial charge is 0.462 e. The van der Waals surface area contributed by atoms with Gasteiger partial charge in [-0.05, 0) is 32.9 Å². The summed E-state index contributed by atoms with van der Waals surface area (Å²) in [5.41, 5.74) is 0.521. The minimum absolute atomic E-state index is 0.0239. The van der Waals surface area contributed by atoms with E-state index < -0.39 is 0 Å². The normalized spacial score (nSPS) is 22.5. The van der Waals surface area contributed by atoms with E-state index in [-0.39, 0.29) is 18.1 Å². The smallest absolute Gasteiger partial charge is 0.274 e. The van der Waals surface area contributed by atoms with Gasteiger partial charge in [0.25, 0.3) is 5.91 Å². The second kappa shape index (κ2) is 5.61. The molecule has 2 aromatic heterocycles. The van der Waals surface area contributed by atoms with E-state index in [4.69, 9.17) is 9.15 Å². The number of ether oxygens (including phenoxy) is 1. The molecule has 0 bridgehead atoms. The Morgan fingerprint density at radius 1 is 1.48 bits per heavy atom. The molecule has 1 aliphatic rings. The molecular weight excluding hydrogens is 288 g/mol. The summed E-state index contributed by atoms with van der Waals surface area (Å²) in [4.78, 5) is 20.0. The van der Waals surface area contributed by atoms with Crippen LogP contribution in [0, 0.1) is 6.92 Å². The summed E-state index contributed by atoms with van der Waals surface area (Å²) < 4.78 is 10.9. The summed E-state index contributed by atoms with van der Waals surface area (Å²) >= 11 is 1.48. The van der Waals surface area contributed by atoms with Crippen molar-refractivity contribution in [1.29, 1.82) is 0 Å². The summed E-state index contributed by atoms with van der Waals surface area (Å²) in [5.74, 6) is 0.676. The van der Waals surface area contributed by atoms with Crippen LogP contribution in [0.4, 0.5) is 0 Å². The van der Waals surface area contributed by atoms with Crippen molar-refractivity contribution < 1.29 is 13.9 Å². The van der Waals surface area contributed by atoms with Crippen LogP contribution in [0.25, 0.3) is 10.8 Å². The Morgan fingerprint density at radius 2 is 2.29 bits per heavy atom. The fourth-order valence-electron chi connectivity index (χ4n) is 2.42. The van der Waals surface area contributed by atoms with Gasteiger partial charge in [-0.2, -0.15) is 0 Å². The Balaban J connectivity index is 1.88. The molecule has 1 fully saturated rings. The molecule has 3 rings (SSSR count). The van der Waals surface area contributed by atoms with Gasteiger partial charge in [-0.1, -0.05) is 0 Å². The lowest BCUT2D eigenvalue weighted by Crippen LogP contribution is -2.50. The fraction of sp³-hybridized carbons (Fsp3) is 0.467. The Labute approximate surface area is 127 Å². The Hall–Kier alpha value is -1.66. The molecule has 5 nitrogen and oxygen atoms in total. The number of hydrogen-bond acceptors (Lipinski definition) is 5. The van der Waals surface area contributed by atoms with E-state index in [1.165, 1.54) is 11.3 Å². The van der Waals surface area contributed by atoms with E-state index in [1.54, 1.807) is 6.26 Å². The van der Waals surface area contributed by atoms with E-state index in [2.05, 4.69) is 4.98 Å². The SMILES string of the molecule is Cc1sc(-c2ccco2)nc1C(=O)N1CC(C)OCC1C. The standard InChI is InChI=1S/C15H18N2O3S/c1-9-8-20-10(2)7-17(9)15(18)13-11(3)21-14(16-13)12-5-4-6-19-12/h4-6,9-10H,7-8H2,1-3H3. The molecule has 0 spiro atoms. The first-order valence-corrected chi connectivity index (χ1v) is 7.81. The van der Waals surface area contributed by atoms with Crippen molar-refractivity contribution in [2.24, 2.45) is 0 Å². The third kappa shape index (κ3) is 2.73. The van der Waals surface area contributed by atoms with Crippen molar-refractivity contribution >= 4 is 17.2 Å². The summed E-state index contributed by atoms with van der Waals surface area (Å²) in [6, 6.07) is 3.74. The zero-order valence-electron chi connectivity index (χ0n) is 12.3. The minimum atomic E-state index is -0.0239. The number of carbonyl (C=O) groups excluding carboxylic acids is 1. The molecule has 3 heterocycles. The molecule has 0 N–H and O–H groups in total. The van der Waals surface area contributed by atoms with Gasteiger partial charge in [-0.25, -0.2) is 4.98 Å². The number of hydrogen-bond donors (Lipinski definition) is 0. The maximum absolute atomic E-state index is 12.7. The first-order valence-electron chi connectivity index (χ1n) is 7.00. The molecule has 1 saturated heterocycles. The van der Waals surface area contributed by atoms with Crippen molar-refractivity contribution in [3.05, 3.63) is 29.0 Å². The molecule has 0 aliphatic carbocycles. The van der Waals surface area contributed by atoms with Crippen LogP contribution in [0.2, 0.25) is 0 Å². The molecule has 0 radical (unpaired) electrons. The second-order valence-corrected chi connectivity index (χ2v) is 6.55. The third-order valence-corrected chi connectivity index (χ3v) is 4.59. The summed E-state index contributed by atoms with van der Waals surface area (Å²) in [6.07, 6.45) is 1.67. The number of amides is 1. The molecule has 6 heteroatoms.